The molecular weight excluding hydrogens is 392 g/mol. The third kappa shape index (κ3) is 9.35. The van der Waals surface area contributed by atoms with Crippen molar-refractivity contribution in [1.82, 2.24) is 15.5 Å². The number of aliphatic imine (C=N–C) groups is 1. The van der Waals surface area contributed by atoms with Gasteiger partial charge in [0.25, 0.3) is 0 Å². The van der Waals surface area contributed by atoms with E-state index in [4.69, 9.17) is 14.2 Å². The van der Waals surface area contributed by atoms with E-state index in [1.807, 2.05) is 20.0 Å². The van der Waals surface area contributed by atoms with Crippen LogP contribution in [-0.2, 0) is 11.2 Å². The fourth-order valence-corrected chi connectivity index (χ4v) is 3.75. The van der Waals surface area contributed by atoms with Crippen molar-refractivity contribution in [2.75, 3.05) is 53.6 Å². The molecule has 7 heteroatoms. The predicted molar refractivity (Wildman–Crippen MR) is 128 cm³/mol. The molecule has 0 spiro atoms. The van der Waals surface area contributed by atoms with Gasteiger partial charge in [-0.25, -0.2) is 0 Å². The van der Waals surface area contributed by atoms with Gasteiger partial charge in [-0.15, -0.1) is 0 Å². The molecule has 1 aromatic carbocycles. The van der Waals surface area contributed by atoms with Gasteiger partial charge in [0, 0.05) is 39.3 Å². The van der Waals surface area contributed by atoms with Gasteiger partial charge in [0.05, 0.1) is 26.4 Å². The Bertz CT molecular complexity index is 658. The molecule has 1 fully saturated rings. The largest absolute Gasteiger partial charge is 0.493 e. The highest BCUT2D eigenvalue weighted by Crippen LogP contribution is 2.28. The van der Waals surface area contributed by atoms with Crippen molar-refractivity contribution in [3.8, 4) is 11.5 Å². The summed E-state index contributed by atoms with van der Waals surface area (Å²) < 4.78 is 16.7. The highest BCUT2D eigenvalue weighted by Gasteiger charge is 2.19. The number of guanidine groups is 1. The Hall–Kier alpha value is -1.99. The van der Waals surface area contributed by atoms with Crippen molar-refractivity contribution in [2.24, 2.45) is 4.99 Å². The average Bonchev–Trinajstić information content (AvgIpc) is 2.77. The number of likely N-dealkylation sites (tertiary alicyclic amines) is 1. The smallest absolute Gasteiger partial charge is 0.191 e. The maximum Gasteiger partial charge on any atom is 0.191 e. The fraction of sp³-hybridized carbons (Fsp3) is 0.708. The molecule has 1 aliphatic heterocycles. The minimum absolute atomic E-state index is 0.310. The molecule has 0 amide bonds. The maximum atomic E-state index is 5.67. The molecule has 0 aromatic heterocycles. The van der Waals surface area contributed by atoms with Gasteiger partial charge in [-0.1, -0.05) is 6.07 Å². The second-order valence-electron chi connectivity index (χ2n) is 8.20. The maximum absolute atomic E-state index is 5.67. The lowest BCUT2D eigenvalue weighted by atomic mass is 10.1. The van der Waals surface area contributed by atoms with Crippen molar-refractivity contribution in [3.05, 3.63) is 23.8 Å². The van der Waals surface area contributed by atoms with Crippen LogP contribution in [0, 0.1) is 0 Å². The van der Waals surface area contributed by atoms with E-state index in [0.717, 1.165) is 75.9 Å². The second kappa shape index (κ2) is 14.1. The molecule has 0 bridgehead atoms. The molecule has 0 unspecified atom stereocenters. The van der Waals surface area contributed by atoms with Gasteiger partial charge in [-0.3, -0.25) is 4.99 Å². The Balaban J connectivity index is 1.66. The number of hydrogen-bond donors (Lipinski definition) is 2. The number of ether oxygens (including phenoxy) is 3. The van der Waals surface area contributed by atoms with Crippen molar-refractivity contribution < 1.29 is 14.2 Å². The van der Waals surface area contributed by atoms with Crippen molar-refractivity contribution >= 4 is 5.96 Å². The molecule has 1 aromatic rings. The molecule has 0 atom stereocenters. The van der Waals surface area contributed by atoms with Gasteiger partial charge in [-0.05, 0) is 64.2 Å². The van der Waals surface area contributed by atoms with Crippen LogP contribution in [0.25, 0.3) is 0 Å². The molecule has 2 rings (SSSR count). The summed E-state index contributed by atoms with van der Waals surface area (Å²) in [5.41, 5.74) is 1.25. The molecule has 0 saturated carbocycles. The number of rotatable bonds is 12. The van der Waals surface area contributed by atoms with Gasteiger partial charge in [0.1, 0.15) is 0 Å². The van der Waals surface area contributed by atoms with E-state index >= 15 is 0 Å². The van der Waals surface area contributed by atoms with Gasteiger partial charge in [0.15, 0.2) is 17.5 Å². The Morgan fingerprint density at radius 2 is 2.00 bits per heavy atom. The zero-order valence-electron chi connectivity index (χ0n) is 20.1. The summed E-state index contributed by atoms with van der Waals surface area (Å²) in [4.78, 5) is 6.89. The first-order valence-electron chi connectivity index (χ1n) is 11.7. The van der Waals surface area contributed by atoms with Crippen molar-refractivity contribution in [2.45, 2.75) is 58.6 Å². The van der Waals surface area contributed by atoms with E-state index in [0.29, 0.717) is 18.8 Å². The lowest BCUT2D eigenvalue weighted by Crippen LogP contribution is -2.49. The summed E-state index contributed by atoms with van der Waals surface area (Å²) in [6, 6.07) is 6.64. The van der Waals surface area contributed by atoms with Crippen LogP contribution >= 0.6 is 0 Å². The number of piperidine rings is 1. The molecule has 1 heterocycles. The molecule has 176 valence electrons. The number of aryl methyl sites for hydroxylation is 1. The van der Waals surface area contributed by atoms with Crippen LogP contribution in [0.4, 0.5) is 0 Å². The third-order valence-corrected chi connectivity index (χ3v) is 5.47. The van der Waals surface area contributed by atoms with E-state index in [1.165, 1.54) is 5.56 Å². The quantitative estimate of drug-likeness (QED) is 0.299. The predicted octanol–water partition coefficient (Wildman–Crippen LogP) is 3.08. The minimum Gasteiger partial charge on any atom is -0.493 e. The van der Waals surface area contributed by atoms with Crippen LogP contribution < -0.4 is 20.1 Å². The van der Waals surface area contributed by atoms with Crippen LogP contribution in [0.5, 0.6) is 11.5 Å². The van der Waals surface area contributed by atoms with Crippen LogP contribution in [0.1, 0.15) is 45.6 Å². The molecule has 0 aliphatic carbocycles. The Kier molecular flexibility index (Phi) is 11.5. The minimum atomic E-state index is 0.310. The van der Waals surface area contributed by atoms with E-state index in [1.54, 1.807) is 7.11 Å². The second-order valence-corrected chi connectivity index (χ2v) is 8.20. The van der Waals surface area contributed by atoms with E-state index in [-0.39, 0.29) is 0 Å². The highest BCUT2D eigenvalue weighted by molar-refractivity contribution is 5.79. The Labute approximate surface area is 188 Å². The van der Waals surface area contributed by atoms with Crippen LogP contribution in [0.15, 0.2) is 23.2 Å². The Morgan fingerprint density at radius 3 is 2.65 bits per heavy atom. The van der Waals surface area contributed by atoms with Crippen LogP contribution in [-0.4, -0.2) is 76.6 Å². The Morgan fingerprint density at radius 1 is 1.23 bits per heavy atom. The average molecular weight is 435 g/mol. The summed E-state index contributed by atoms with van der Waals surface area (Å²) in [7, 11) is 3.51. The summed E-state index contributed by atoms with van der Waals surface area (Å²) in [6.45, 7) is 11.7. The lowest BCUT2D eigenvalue weighted by Gasteiger charge is -2.33. The molecule has 1 saturated heterocycles. The molecule has 0 radical (unpaired) electrons. The number of nitrogens with one attached hydrogen (secondary N) is 2. The molecule has 1 aliphatic rings. The summed E-state index contributed by atoms with van der Waals surface area (Å²) >= 11 is 0. The number of nitrogens with zero attached hydrogens (tertiary/aromatic N) is 2. The fourth-order valence-electron chi connectivity index (χ4n) is 3.75. The molecule has 7 nitrogen and oxygen atoms in total. The molecular formula is C24H42N4O3. The first kappa shape index (κ1) is 25.3. The summed E-state index contributed by atoms with van der Waals surface area (Å²) in [5, 5.41) is 7.04. The standard InChI is InChI=1S/C24H42N4O3/c1-6-30-23-18-20(9-10-22(23)29-5)8-7-13-26-24(25-4)27-21-11-14-28(15-12-21)16-17-31-19(2)3/h9-10,18-19,21H,6-8,11-17H2,1-5H3,(H2,25,26,27). The molecule has 2 N–H and O–H groups in total. The van der Waals surface area contributed by atoms with Crippen LogP contribution in [0.2, 0.25) is 0 Å². The van der Waals surface area contributed by atoms with E-state index in [2.05, 4.69) is 46.5 Å². The zero-order valence-corrected chi connectivity index (χ0v) is 20.1. The van der Waals surface area contributed by atoms with Crippen LogP contribution in [0.3, 0.4) is 0 Å². The normalized spacial score (nSPS) is 15.9. The van der Waals surface area contributed by atoms with Gasteiger partial charge >= 0.3 is 0 Å². The monoisotopic (exact) mass is 434 g/mol. The molecule has 31 heavy (non-hydrogen) atoms. The van der Waals surface area contributed by atoms with Gasteiger partial charge < -0.3 is 29.7 Å². The highest BCUT2D eigenvalue weighted by atomic mass is 16.5. The lowest BCUT2D eigenvalue weighted by molar-refractivity contribution is 0.0532. The first-order chi connectivity index (χ1) is 15.0. The third-order valence-electron chi connectivity index (χ3n) is 5.47. The number of methoxy groups -OCH3 is 1. The summed E-state index contributed by atoms with van der Waals surface area (Å²) in [5.74, 6) is 2.49. The van der Waals surface area contributed by atoms with E-state index < -0.39 is 0 Å². The van der Waals surface area contributed by atoms with Crippen molar-refractivity contribution in [3.63, 3.8) is 0 Å². The van der Waals surface area contributed by atoms with Gasteiger partial charge in [-0.2, -0.15) is 0 Å². The number of benzene rings is 1. The van der Waals surface area contributed by atoms with Crippen molar-refractivity contribution in [1.29, 1.82) is 0 Å². The number of hydrogen-bond acceptors (Lipinski definition) is 5. The SMILES string of the molecule is CCOc1cc(CCCNC(=NC)NC2CCN(CCOC(C)C)CC2)ccc1OC. The van der Waals surface area contributed by atoms with E-state index in [9.17, 15) is 0 Å². The summed E-state index contributed by atoms with van der Waals surface area (Å²) in [6.07, 6.45) is 4.57. The van der Waals surface area contributed by atoms with Gasteiger partial charge in [0.2, 0.25) is 0 Å². The topological polar surface area (TPSA) is 67.4 Å². The zero-order chi connectivity index (χ0) is 22.5. The first-order valence-corrected chi connectivity index (χ1v) is 11.7.